The van der Waals surface area contributed by atoms with Crippen LogP contribution in [0, 0.1) is 0 Å². The van der Waals surface area contributed by atoms with Crippen molar-refractivity contribution >= 4 is 12.2 Å². The number of aliphatic hydroxyl groups is 1. The second-order valence-corrected chi connectivity index (χ2v) is 9.18. The van der Waals surface area contributed by atoms with Crippen LogP contribution in [0.2, 0.25) is 0 Å². The topological polar surface area (TPSA) is 106 Å². The van der Waals surface area contributed by atoms with Crippen LogP contribution in [-0.2, 0) is 20.6 Å². The Hall–Kier alpha value is -2.48. The van der Waals surface area contributed by atoms with Gasteiger partial charge in [0.2, 0.25) is 0 Å². The molecule has 162 valence electrons. The Morgan fingerprint density at radius 2 is 1.59 bits per heavy atom. The molecule has 29 heavy (non-hydrogen) atoms. The van der Waals surface area contributed by atoms with Gasteiger partial charge in [0.1, 0.15) is 23.1 Å². The van der Waals surface area contributed by atoms with Gasteiger partial charge >= 0.3 is 12.2 Å². The van der Waals surface area contributed by atoms with Gasteiger partial charge in [-0.15, -0.1) is 0 Å². The zero-order valence-electron chi connectivity index (χ0n) is 17.8. The molecule has 0 bridgehead atoms. The summed E-state index contributed by atoms with van der Waals surface area (Å²) in [7, 11) is 0. The minimum absolute atomic E-state index is 0.0158. The summed E-state index contributed by atoms with van der Waals surface area (Å²) in [5.41, 5.74) is -0.648. The lowest BCUT2D eigenvalue weighted by atomic mass is 10.0. The van der Waals surface area contributed by atoms with Crippen molar-refractivity contribution in [3.05, 3.63) is 29.8 Å². The molecule has 1 saturated heterocycles. The van der Waals surface area contributed by atoms with Gasteiger partial charge in [-0.1, -0.05) is 12.1 Å². The standard InChI is InChI=1S/C21H31NO7/c1-20(2,3)28-18(25)22-12-16(27-19(26)29-21(4,5)6)17(24)15(22)11-13-7-9-14(23)10-8-13/h7-10,15-17,23-24H,11-12H2,1-6H3/t15-,16+,17+/m1/s1. The van der Waals surface area contributed by atoms with Crippen LogP contribution in [0.15, 0.2) is 24.3 Å². The molecule has 1 aliphatic rings. The Morgan fingerprint density at radius 3 is 2.10 bits per heavy atom. The first kappa shape index (κ1) is 22.8. The zero-order valence-corrected chi connectivity index (χ0v) is 17.8. The average molecular weight is 409 g/mol. The SMILES string of the molecule is CC(C)(C)OC(=O)O[C@H]1CN(C(=O)OC(C)(C)C)[C@H](Cc2ccc(O)cc2)[C@@H]1O. The normalized spacial score (nSPS) is 22.3. The van der Waals surface area contributed by atoms with Gasteiger partial charge < -0.3 is 24.4 Å². The maximum Gasteiger partial charge on any atom is 0.509 e. The van der Waals surface area contributed by atoms with E-state index in [0.717, 1.165) is 5.56 Å². The molecule has 2 N–H and O–H groups in total. The molecular formula is C21H31NO7. The third-order valence-electron chi connectivity index (χ3n) is 4.20. The number of amides is 1. The largest absolute Gasteiger partial charge is 0.509 e. The monoisotopic (exact) mass is 409 g/mol. The number of hydrogen-bond donors (Lipinski definition) is 2. The third kappa shape index (κ3) is 6.81. The van der Waals surface area contributed by atoms with E-state index in [4.69, 9.17) is 14.2 Å². The smallest absolute Gasteiger partial charge is 0.508 e. The van der Waals surface area contributed by atoms with Gasteiger partial charge in [0, 0.05) is 0 Å². The number of phenols is 1. The van der Waals surface area contributed by atoms with Crippen LogP contribution in [-0.4, -0.2) is 63.4 Å². The van der Waals surface area contributed by atoms with Crippen LogP contribution < -0.4 is 0 Å². The summed E-state index contributed by atoms with van der Waals surface area (Å²) in [5, 5.41) is 20.3. The van der Waals surface area contributed by atoms with Gasteiger partial charge in [0.25, 0.3) is 0 Å². The predicted molar refractivity (Wildman–Crippen MR) is 106 cm³/mol. The van der Waals surface area contributed by atoms with Crippen molar-refractivity contribution in [3.8, 4) is 5.75 Å². The van der Waals surface area contributed by atoms with E-state index in [1.54, 1.807) is 53.7 Å². The number of phenolic OH excluding ortho intramolecular Hbond substituents is 1. The highest BCUT2D eigenvalue weighted by Gasteiger charge is 2.47. The molecular weight excluding hydrogens is 378 g/mol. The maximum atomic E-state index is 12.7. The van der Waals surface area contributed by atoms with Crippen LogP contribution in [0.3, 0.4) is 0 Å². The third-order valence-corrected chi connectivity index (χ3v) is 4.20. The summed E-state index contributed by atoms with van der Waals surface area (Å²) in [5.74, 6) is 0.121. The van der Waals surface area contributed by atoms with Gasteiger partial charge in [-0.25, -0.2) is 9.59 Å². The lowest BCUT2D eigenvalue weighted by Crippen LogP contribution is -2.43. The summed E-state index contributed by atoms with van der Waals surface area (Å²) < 4.78 is 15.9. The number of carbonyl (C=O) groups excluding carboxylic acids is 2. The van der Waals surface area contributed by atoms with Crippen molar-refractivity contribution in [1.29, 1.82) is 0 Å². The molecule has 1 fully saturated rings. The van der Waals surface area contributed by atoms with Crippen molar-refractivity contribution in [2.45, 2.75) is 77.4 Å². The highest BCUT2D eigenvalue weighted by atomic mass is 16.7. The van der Waals surface area contributed by atoms with E-state index in [0.29, 0.717) is 6.42 Å². The lowest BCUT2D eigenvalue weighted by molar-refractivity contribution is -0.0486. The number of rotatable bonds is 3. The first-order valence-corrected chi connectivity index (χ1v) is 9.60. The van der Waals surface area contributed by atoms with E-state index < -0.39 is 41.7 Å². The second-order valence-electron chi connectivity index (χ2n) is 9.18. The molecule has 0 unspecified atom stereocenters. The van der Waals surface area contributed by atoms with Crippen molar-refractivity contribution in [1.82, 2.24) is 4.90 Å². The molecule has 1 heterocycles. The highest BCUT2D eigenvalue weighted by molar-refractivity contribution is 5.69. The molecule has 1 aromatic carbocycles. The quantitative estimate of drug-likeness (QED) is 0.738. The minimum atomic E-state index is -1.12. The molecule has 1 aliphatic heterocycles. The van der Waals surface area contributed by atoms with E-state index >= 15 is 0 Å². The summed E-state index contributed by atoms with van der Waals surface area (Å²) in [6, 6.07) is 5.81. The summed E-state index contributed by atoms with van der Waals surface area (Å²) in [6.45, 7) is 10.4. The molecule has 0 radical (unpaired) electrons. The molecule has 1 aromatic rings. The van der Waals surface area contributed by atoms with Gasteiger partial charge in [0.15, 0.2) is 6.10 Å². The fourth-order valence-corrected chi connectivity index (χ4v) is 3.01. The van der Waals surface area contributed by atoms with Crippen LogP contribution in [0.1, 0.15) is 47.1 Å². The Kier molecular flexibility index (Phi) is 6.67. The number of hydrogen-bond acceptors (Lipinski definition) is 7. The van der Waals surface area contributed by atoms with Crippen molar-refractivity contribution < 1.29 is 34.0 Å². The minimum Gasteiger partial charge on any atom is -0.508 e. The Morgan fingerprint density at radius 1 is 1.03 bits per heavy atom. The number of likely N-dealkylation sites (tertiary alicyclic amines) is 1. The fraction of sp³-hybridized carbons (Fsp3) is 0.619. The first-order chi connectivity index (χ1) is 13.2. The predicted octanol–water partition coefficient (Wildman–Crippen LogP) is 3.24. The summed E-state index contributed by atoms with van der Waals surface area (Å²) >= 11 is 0. The van der Waals surface area contributed by atoms with E-state index in [9.17, 15) is 19.8 Å². The number of aromatic hydroxyl groups is 1. The van der Waals surface area contributed by atoms with E-state index in [-0.39, 0.29) is 12.3 Å². The molecule has 0 spiro atoms. The first-order valence-electron chi connectivity index (χ1n) is 9.60. The van der Waals surface area contributed by atoms with Crippen LogP contribution in [0.4, 0.5) is 9.59 Å². The van der Waals surface area contributed by atoms with Crippen LogP contribution in [0.25, 0.3) is 0 Å². The molecule has 2 rings (SSSR count). The summed E-state index contributed by atoms with van der Waals surface area (Å²) in [4.78, 5) is 26.1. The number of carbonyl (C=O) groups is 2. The molecule has 0 saturated carbocycles. The number of benzene rings is 1. The second kappa shape index (κ2) is 8.49. The Balaban J connectivity index is 2.19. The van der Waals surface area contributed by atoms with Crippen molar-refractivity contribution in [2.75, 3.05) is 6.54 Å². The van der Waals surface area contributed by atoms with E-state index in [1.807, 2.05) is 0 Å². The van der Waals surface area contributed by atoms with Gasteiger partial charge in [-0.3, -0.25) is 4.90 Å². The van der Waals surface area contributed by atoms with Crippen molar-refractivity contribution in [3.63, 3.8) is 0 Å². The Bertz CT molecular complexity index is 718. The Labute approximate surface area is 171 Å². The number of nitrogens with zero attached hydrogens (tertiary/aromatic N) is 1. The van der Waals surface area contributed by atoms with Crippen LogP contribution >= 0.6 is 0 Å². The molecule has 0 aromatic heterocycles. The molecule has 8 heteroatoms. The van der Waals surface area contributed by atoms with Gasteiger partial charge in [0.05, 0.1) is 12.6 Å². The van der Waals surface area contributed by atoms with Gasteiger partial charge in [-0.05, 0) is 65.7 Å². The summed E-state index contributed by atoms with van der Waals surface area (Å²) in [6.07, 6.45) is -3.27. The highest BCUT2D eigenvalue weighted by Crippen LogP contribution is 2.28. The number of aliphatic hydroxyl groups excluding tert-OH is 1. The average Bonchev–Trinajstić information content (AvgIpc) is 2.83. The van der Waals surface area contributed by atoms with E-state index in [2.05, 4.69) is 0 Å². The van der Waals surface area contributed by atoms with E-state index in [1.165, 1.54) is 17.0 Å². The van der Waals surface area contributed by atoms with Gasteiger partial charge in [-0.2, -0.15) is 0 Å². The zero-order chi connectivity index (χ0) is 22.0. The van der Waals surface area contributed by atoms with Crippen LogP contribution in [0.5, 0.6) is 5.75 Å². The van der Waals surface area contributed by atoms with Crippen molar-refractivity contribution in [2.24, 2.45) is 0 Å². The molecule has 3 atom stereocenters. The molecule has 8 nitrogen and oxygen atoms in total. The lowest BCUT2D eigenvalue weighted by Gasteiger charge is -2.29. The number of ether oxygens (including phenoxy) is 3. The maximum absolute atomic E-state index is 12.7. The molecule has 1 amide bonds. The molecule has 0 aliphatic carbocycles. The fourth-order valence-electron chi connectivity index (χ4n) is 3.01.